The molecule has 0 unspecified atom stereocenters. The normalized spacial score (nSPS) is 12.0. The van der Waals surface area contributed by atoms with Gasteiger partial charge in [-0.2, -0.15) is 0 Å². The Hall–Kier alpha value is -2.40. The molecule has 1 amide bonds. The maximum absolute atomic E-state index is 12.3. The van der Waals surface area contributed by atoms with Gasteiger partial charge in [0.15, 0.2) is 6.61 Å². The van der Waals surface area contributed by atoms with Crippen LogP contribution in [0.25, 0.3) is 0 Å². The number of rotatable bonds is 7. The lowest BCUT2D eigenvalue weighted by molar-refractivity contribution is -0.124. The summed E-state index contributed by atoms with van der Waals surface area (Å²) in [5.74, 6) is -0.435. The predicted molar refractivity (Wildman–Crippen MR) is 111 cm³/mol. The Bertz CT molecular complexity index is 824. The van der Waals surface area contributed by atoms with Crippen LogP contribution in [0.3, 0.4) is 0 Å². The van der Waals surface area contributed by atoms with E-state index in [1.54, 1.807) is 19.9 Å². The van der Waals surface area contributed by atoms with Crippen LogP contribution >= 0.6 is 11.6 Å². The summed E-state index contributed by atoms with van der Waals surface area (Å²) in [6, 6.07) is 9.73. The number of pyridine rings is 1. The third kappa shape index (κ3) is 6.06. The molecule has 0 fully saturated rings. The van der Waals surface area contributed by atoms with Gasteiger partial charge in [0.05, 0.1) is 11.6 Å². The molecule has 0 spiro atoms. The van der Waals surface area contributed by atoms with Crippen molar-refractivity contribution in [3.05, 3.63) is 63.4 Å². The summed E-state index contributed by atoms with van der Waals surface area (Å²) in [5, 5.41) is 2.92. The molecule has 0 aliphatic heterocycles. The minimum absolute atomic E-state index is 0.0813. The molecule has 5 nitrogen and oxygen atoms in total. The smallest absolute Gasteiger partial charge is 0.342 e. The molecule has 0 aliphatic carbocycles. The molecule has 2 rings (SSSR count). The summed E-state index contributed by atoms with van der Waals surface area (Å²) in [4.78, 5) is 28.5. The van der Waals surface area contributed by atoms with Crippen LogP contribution in [0.4, 0.5) is 0 Å². The van der Waals surface area contributed by atoms with Crippen LogP contribution in [0.15, 0.2) is 30.3 Å². The number of esters is 1. The summed E-state index contributed by atoms with van der Waals surface area (Å²) in [6.45, 7) is 9.42. The van der Waals surface area contributed by atoms with Crippen LogP contribution in [0.1, 0.15) is 59.6 Å². The second-order valence-corrected chi connectivity index (χ2v) is 7.81. The minimum atomic E-state index is -0.657. The molecule has 0 saturated carbocycles. The quantitative estimate of drug-likeness (QED) is 0.543. The Balaban J connectivity index is 1.90. The molecule has 2 aromatic rings. The van der Waals surface area contributed by atoms with E-state index < -0.39 is 5.97 Å². The second kappa shape index (κ2) is 9.69. The van der Waals surface area contributed by atoms with Crippen molar-refractivity contribution in [3.63, 3.8) is 0 Å². The van der Waals surface area contributed by atoms with Gasteiger partial charge < -0.3 is 10.1 Å². The lowest BCUT2D eigenvalue weighted by Gasteiger charge is -2.15. The number of aromatic nitrogens is 1. The number of nitrogens with one attached hydrogen (secondary N) is 1. The zero-order valence-electron chi connectivity index (χ0n) is 17.0. The van der Waals surface area contributed by atoms with Gasteiger partial charge in [-0.25, -0.2) is 9.78 Å². The van der Waals surface area contributed by atoms with E-state index in [9.17, 15) is 9.59 Å². The highest BCUT2D eigenvalue weighted by atomic mass is 35.5. The van der Waals surface area contributed by atoms with Gasteiger partial charge in [0.1, 0.15) is 5.15 Å². The van der Waals surface area contributed by atoms with Crippen LogP contribution < -0.4 is 5.32 Å². The van der Waals surface area contributed by atoms with E-state index in [2.05, 4.69) is 36.3 Å². The molecule has 0 saturated heterocycles. The first kappa shape index (κ1) is 21.9. The average molecular weight is 403 g/mol. The molecule has 28 heavy (non-hydrogen) atoms. The van der Waals surface area contributed by atoms with Crippen LogP contribution in [0.2, 0.25) is 5.15 Å². The van der Waals surface area contributed by atoms with Gasteiger partial charge in [-0.15, -0.1) is 0 Å². The number of benzene rings is 1. The molecular formula is C22H27ClN2O3. The number of hydrogen-bond donors (Lipinski definition) is 1. The van der Waals surface area contributed by atoms with Crippen LogP contribution in [-0.2, 0) is 16.0 Å². The summed E-state index contributed by atoms with van der Waals surface area (Å²) in [5.41, 5.74) is 3.83. The first-order valence-corrected chi connectivity index (χ1v) is 9.74. The molecule has 1 N–H and O–H groups in total. The van der Waals surface area contributed by atoms with Crippen LogP contribution in [-0.4, -0.2) is 23.5 Å². The molecule has 1 aromatic carbocycles. The van der Waals surface area contributed by atoms with Crippen molar-refractivity contribution in [3.8, 4) is 0 Å². The molecule has 0 bridgehead atoms. The SMILES string of the molecule is Cc1cc(C)c(C(=O)OCC(=O)N[C@@H](C)c2ccc(CC(C)C)cc2)c(Cl)n1. The Kier molecular flexibility index (Phi) is 7.58. The lowest BCUT2D eigenvalue weighted by atomic mass is 10.00. The fraction of sp³-hybridized carbons (Fsp3) is 0.409. The van der Waals surface area contributed by atoms with Crippen molar-refractivity contribution < 1.29 is 14.3 Å². The summed E-state index contributed by atoms with van der Waals surface area (Å²) < 4.78 is 5.12. The van der Waals surface area contributed by atoms with Crippen molar-refractivity contribution in [1.82, 2.24) is 10.3 Å². The molecule has 1 atom stereocenters. The number of amides is 1. The number of aryl methyl sites for hydroxylation is 2. The summed E-state index contributed by atoms with van der Waals surface area (Å²) in [7, 11) is 0. The van der Waals surface area contributed by atoms with Crippen molar-refractivity contribution in [2.24, 2.45) is 5.92 Å². The molecule has 1 aromatic heterocycles. The molecule has 0 aliphatic rings. The van der Waals surface area contributed by atoms with E-state index in [0.29, 0.717) is 17.2 Å². The monoisotopic (exact) mass is 402 g/mol. The first-order valence-electron chi connectivity index (χ1n) is 9.36. The van der Waals surface area contributed by atoms with Crippen molar-refractivity contribution >= 4 is 23.5 Å². The van der Waals surface area contributed by atoms with Crippen LogP contribution in [0.5, 0.6) is 0 Å². The van der Waals surface area contributed by atoms with E-state index in [1.165, 1.54) is 5.56 Å². The van der Waals surface area contributed by atoms with Crippen molar-refractivity contribution in [1.29, 1.82) is 0 Å². The molecular weight excluding hydrogens is 376 g/mol. The average Bonchev–Trinajstić information content (AvgIpc) is 2.59. The van der Waals surface area contributed by atoms with E-state index in [1.807, 2.05) is 19.1 Å². The maximum atomic E-state index is 12.3. The number of hydrogen-bond acceptors (Lipinski definition) is 4. The largest absolute Gasteiger partial charge is 0.452 e. The number of carbonyl (C=O) groups excluding carboxylic acids is 2. The zero-order valence-corrected chi connectivity index (χ0v) is 17.8. The Morgan fingerprint density at radius 3 is 2.36 bits per heavy atom. The molecule has 1 heterocycles. The van der Waals surface area contributed by atoms with E-state index >= 15 is 0 Å². The Labute approximate surface area is 171 Å². The van der Waals surface area contributed by atoms with Crippen LogP contribution in [0, 0.1) is 19.8 Å². The van der Waals surface area contributed by atoms with Crippen molar-refractivity contribution in [2.45, 2.75) is 47.1 Å². The highest BCUT2D eigenvalue weighted by Gasteiger charge is 2.19. The van der Waals surface area contributed by atoms with Gasteiger partial charge in [0, 0.05) is 5.69 Å². The van der Waals surface area contributed by atoms with Crippen molar-refractivity contribution in [2.75, 3.05) is 6.61 Å². The first-order chi connectivity index (χ1) is 13.2. The van der Waals surface area contributed by atoms with Gasteiger partial charge in [-0.1, -0.05) is 49.7 Å². The Morgan fingerprint density at radius 2 is 1.79 bits per heavy atom. The second-order valence-electron chi connectivity index (χ2n) is 7.45. The van der Waals surface area contributed by atoms with E-state index in [-0.39, 0.29) is 29.3 Å². The Morgan fingerprint density at radius 1 is 1.14 bits per heavy atom. The zero-order chi connectivity index (χ0) is 20.8. The van der Waals surface area contributed by atoms with Gasteiger partial charge in [-0.3, -0.25) is 4.79 Å². The fourth-order valence-electron chi connectivity index (χ4n) is 3.02. The fourth-order valence-corrected chi connectivity index (χ4v) is 3.38. The maximum Gasteiger partial charge on any atom is 0.342 e. The third-order valence-corrected chi connectivity index (χ3v) is 4.61. The highest BCUT2D eigenvalue weighted by Crippen LogP contribution is 2.20. The van der Waals surface area contributed by atoms with E-state index in [0.717, 1.165) is 12.0 Å². The molecule has 150 valence electrons. The van der Waals surface area contributed by atoms with Gasteiger partial charge in [0.25, 0.3) is 5.91 Å². The number of carbonyl (C=O) groups is 2. The third-order valence-electron chi connectivity index (χ3n) is 4.34. The summed E-state index contributed by atoms with van der Waals surface area (Å²) in [6.07, 6.45) is 1.02. The highest BCUT2D eigenvalue weighted by molar-refractivity contribution is 6.32. The van der Waals surface area contributed by atoms with Gasteiger partial charge >= 0.3 is 5.97 Å². The number of ether oxygens (including phenoxy) is 1. The molecule has 0 radical (unpaired) electrons. The lowest BCUT2D eigenvalue weighted by Crippen LogP contribution is -2.31. The standard InChI is InChI=1S/C22H27ClN2O3/c1-13(2)10-17-6-8-18(9-7-17)16(5)25-19(26)12-28-22(27)20-14(3)11-15(4)24-21(20)23/h6-9,11,13,16H,10,12H2,1-5H3,(H,25,26)/t16-/m0/s1. The van der Waals surface area contributed by atoms with Gasteiger partial charge in [0.2, 0.25) is 0 Å². The predicted octanol–water partition coefficient (Wildman–Crippen LogP) is 4.58. The van der Waals surface area contributed by atoms with Gasteiger partial charge in [-0.05, 0) is 55.9 Å². The van der Waals surface area contributed by atoms with E-state index in [4.69, 9.17) is 16.3 Å². The molecule has 6 heteroatoms. The number of halogens is 1. The number of nitrogens with zero attached hydrogens (tertiary/aromatic N) is 1. The topological polar surface area (TPSA) is 68.3 Å². The minimum Gasteiger partial charge on any atom is -0.452 e. The summed E-state index contributed by atoms with van der Waals surface area (Å²) >= 11 is 6.04.